The summed E-state index contributed by atoms with van der Waals surface area (Å²) in [6.45, 7) is 5.73. The summed E-state index contributed by atoms with van der Waals surface area (Å²) in [7, 11) is 1.55. The number of hydrogen-bond acceptors (Lipinski definition) is 6. The van der Waals surface area contributed by atoms with Gasteiger partial charge in [0.2, 0.25) is 0 Å². The predicted octanol–water partition coefficient (Wildman–Crippen LogP) is 4.53. The summed E-state index contributed by atoms with van der Waals surface area (Å²) in [5.74, 6) is 0.0813. The van der Waals surface area contributed by atoms with Crippen molar-refractivity contribution < 1.29 is 14.3 Å². The minimum Gasteiger partial charge on any atom is -0.495 e. The van der Waals surface area contributed by atoms with Gasteiger partial charge >= 0.3 is 5.97 Å². The number of halogens is 2. The van der Waals surface area contributed by atoms with Crippen LogP contribution in [0.25, 0.3) is 6.08 Å². The van der Waals surface area contributed by atoms with E-state index in [4.69, 9.17) is 21.1 Å². The normalized spacial score (nSPS) is 15.7. The molecule has 2 aromatic carbocycles. The summed E-state index contributed by atoms with van der Waals surface area (Å²) in [6.07, 6.45) is 1.73. The Morgan fingerprint density at radius 3 is 2.62 bits per heavy atom. The topological polar surface area (TPSA) is 69.9 Å². The standard InChI is InChI=1S/C25H22BrClN2O4S/c1-5-33-24(31)20-14(3)28-25-29(21(20)15-8-6-13(2)7-9-15)23(30)19(34-25)11-16-10-17(27)12-18(26)22(16)32-4/h6-12,21H,5H2,1-4H3/b19-11-/t21-/m1/s1. The van der Waals surface area contributed by atoms with Crippen molar-refractivity contribution in [2.75, 3.05) is 13.7 Å². The van der Waals surface area contributed by atoms with Crippen LogP contribution in [-0.2, 0) is 9.53 Å². The number of nitrogens with zero attached hydrogens (tertiary/aromatic N) is 2. The fourth-order valence-electron chi connectivity index (χ4n) is 3.90. The Balaban J connectivity index is 1.99. The molecule has 176 valence electrons. The van der Waals surface area contributed by atoms with Crippen molar-refractivity contribution in [1.82, 2.24) is 4.57 Å². The zero-order valence-electron chi connectivity index (χ0n) is 19.0. The number of thiazole rings is 1. The molecule has 0 bridgehead atoms. The third kappa shape index (κ3) is 4.50. The van der Waals surface area contributed by atoms with Crippen molar-refractivity contribution in [2.45, 2.75) is 26.8 Å². The second-order valence-electron chi connectivity index (χ2n) is 7.72. The van der Waals surface area contributed by atoms with Crippen LogP contribution in [0.15, 0.2) is 61.9 Å². The molecule has 1 atom stereocenters. The third-order valence-electron chi connectivity index (χ3n) is 5.44. The maximum atomic E-state index is 13.7. The van der Waals surface area contributed by atoms with Crippen molar-refractivity contribution in [1.29, 1.82) is 0 Å². The lowest BCUT2D eigenvalue weighted by atomic mass is 9.95. The zero-order chi connectivity index (χ0) is 24.6. The largest absolute Gasteiger partial charge is 0.495 e. The second-order valence-corrected chi connectivity index (χ2v) is 10.0. The number of methoxy groups -OCH3 is 1. The first-order chi connectivity index (χ1) is 16.2. The monoisotopic (exact) mass is 560 g/mol. The Labute approximate surface area is 213 Å². The van der Waals surface area contributed by atoms with Crippen molar-refractivity contribution in [3.05, 3.63) is 93.5 Å². The number of rotatable bonds is 5. The van der Waals surface area contributed by atoms with Gasteiger partial charge in [0, 0.05) is 10.6 Å². The number of hydrogen-bond donors (Lipinski definition) is 0. The van der Waals surface area contributed by atoms with Crippen LogP contribution in [0.3, 0.4) is 0 Å². The average Bonchev–Trinajstić information content (AvgIpc) is 3.08. The molecule has 34 heavy (non-hydrogen) atoms. The van der Waals surface area contributed by atoms with Crippen LogP contribution in [0.1, 0.15) is 36.6 Å². The van der Waals surface area contributed by atoms with Gasteiger partial charge in [-0.1, -0.05) is 52.8 Å². The molecule has 0 fully saturated rings. The zero-order valence-corrected chi connectivity index (χ0v) is 22.2. The molecule has 3 aromatic rings. The van der Waals surface area contributed by atoms with E-state index < -0.39 is 12.0 Å². The molecular weight excluding hydrogens is 540 g/mol. The van der Waals surface area contributed by atoms with Crippen molar-refractivity contribution in [2.24, 2.45) is 4.99 Å². The van der Waals surface area contributed by atoms with Gasteiger partial charge in [0.15, 0.2) is 4.80 Å². The minimum atomic E-state index is -0.647. The van der Waals surface area contributed by atoms with Gasteiger partial charge in [-0.05, 0) is 60.5 Å². The summed E-state index contributed by atoms with van der Waals surface area (Å²) in [4.78, 5) is 31.7. The van der Waals surface area contributed by atoms with Crippen LogP contribution in [0, 0.1) is 6.92 Å². The predicted molar refractivity (Wildman–Crippen MR) is 137 cm³/mol. The summed E-state index contributed by atoms with van der Waals surface area (Å²) >= 11 is 10.9. The van der Waals surface area contributed by atoms with E-state index in [1.165, 1.54) is 11.3 Å². The van der Waals surface area contributed by atoms with Gasteiger partial charge in [0.25, 0.3) is 5.56 Å². The van der Waals surface area contributed by atoms with E-state index in [-0.39, 0.29) is 12.2 Å². The molecular formula is C25H22BrClN2O4S. The molecule has 0 N–H and O–H groups in total. The molecule has 1 aliphatic rings. The number of aromatic nitrogens is 1. The van der Waals surface area contributed by atoms with E-state index >= 15 is 0 Å². The Bertz CT molecular complexity index is 1490. The molecule has 2 heterocycles. The van der Waals surface area contributed by atoms with Gasteiger partial charge in [0.05, 0.1) is 40.0 Å². The van der Waals surface area contributed by atoms with Crippen LogP contribution in [-0.4, -0.2) is 24.3 Å². The Kier molecular flexibility index (Phi) is 7.12. The number of fused-ring (bicyclic) bond motifs is 1. The number of allylic oxidation sites excluding steroid dienone is 1. The van der Waals surface area contributed by atoms with E-state index in [1.54, 1.807) is 43.7 Å². The maximum absolute atomic E-state index is 13.7. The van der Waals surface area contributed by atoms with Gasteiger partial charge in [-0.25, -0.2) is 9.79 Å². The summed E-state index contributed by atoms with van der Waals surface area (Å²) in [5, 5.41) is 0.504. The molecule has 1 aromatic heterocycles. The maximum Gasteiger partial charge on any atom is 0.338 e. The fraction of sp³-hybridized carbons (Fsp3) is 0.240. The number of benzene rings is 2. The molecule has 0 unspecified atom stereocenters. The van der Waals surface area contributed by atoms with Crippen molar-refractivity contribution in [3.63, 3.8) is 0 Å². The highest BCUT2D eigenvalue weighted by Crippen LogP contribution is 2.33. The highest BCUT2D eigenvalue weighted by atomic mass is 79.9. The SMILES string of the molecule is CCOC(=O)C1=C(C)N=c2s/c(=C\c3cc(Cl)cc(Br)c3OC)c(=O)n2[C@@H]1c1ccc(C)cc1. The Hall–Kier alpha value is -2.68. The summed E-state index contributed by atoms with van der Waals surface area (Å²) in [6, 6.07) is 10.6. The highest BCUT2D eigenvalue weighted by Gasteiger charge is 2.33. The van der Waals surface area contributed by atoms with Crippen LogP contribution < -0.4 is 19.6 Å². The Morgan fingerprint density at radius 1 is 1.26 bits per heavy atom. The van der Waals surface area contributed by atoms with E-state index in [0.29, 0.717) is 41.4 Å². The molecule has 1 aliphatic heterocycles. The lowest BCUT2D eigenvalue weighted by Crippen LogP contribution is -2.39. The quantitative estimate of drug-likeness (QED) is 0.429. The second kappa shape index (κ2) is 9.90. The number of carbonyl (C=O) groups excluding carboxylic acids is 1. The molecule has 0 radical (unpaired) electrons. The van der Waals surface area contributed by atoms with Gasteiger partial charge in [-0.3, -0.25) is 9.36 Å². The van der Waals surface area contributed by atoms with E-state index in [1.807, 2.05) is 31.2 Å². The lowest BCUT2D eigenvalue weighted by molar-refractivity contribution is -0.139. The van der Waals surface area contributed by atoms with Crippen LogP contribution in [0.4, 0.5) is 0 Å². The van der Waals surface area contributed by atoms with Crippen LogP contribution >= 0.6 is 38.9 Å². The molecule has 4 rings (SSSR count). The van der Waals surface area contributed by atoms with Crippen LogP contribution in [0.2, 0.25) is 5.02 Å². The Morgan fingerprint density at radius 2 is 1.97 bits per heavy atom. The molecule has 0 amide bonds. The molecule has 0 saturated carbocycles. The molecule has 0 spiro atoms. The average molecular weight is 562 g/mol. The van der Waals surface area contributed by atoms with E-state index in [9.17, 15) is 9.59 Å². The lowest BCUT2D eigenvalue weighted by Gasteiger charge is -2.24. The number of ether oxygens (including phenoxy) is 2. The first-order valence-corrected chi connectivity index (χ1v) is 12.5. The van der Waals surface area contributed by atoms with E-state index in [0.717, 1.165) is 11.1 Å². The summed E-state index contributed by atoms with van der Waals surface area (Å²) in [5.41, 5.74) is 3.15. The van der Waals surface area contributed by atoms with Gasteiger partial charge in [-0.2, -0.15) is 0 Å². The molecule has 6 nitrogen and oxygen atoms in total. The fourth-order valence-corrected chi connectivity index (χ4v) is 5.93. The van der Waals surface area contributed by atoms with Crippen molar-refractivity contribution in [3.8, 4) is 5.75 Å². The first kappa shape index (κ1) is 24.4. The van der Waals surface area contributed by atoms with Gasteiger partial charge in [0.1, 0.15) is 5.75 Å². The van der Waals surface area contributed by atoms with E-state index in [2.05, 4.69) is 20.9 Å². The van der Waals surface area contributed by atoms with Gasteiger partial charge < -0.3 is 9.47 Å². The highest BCUT2D eigenvalue weighted by molar-refractivity contribution is 9.10. The third-order valence-corrected chi connectivity index (χ3v) is 7.23. The number of esters is 1. The summed E-state index contributed by atoms with van der Waals surface area (Å²) < 4.78 is 13.5. The smallest absolute Gasteiger partial charge is 0.338 e. The van der Waals surface area contributed by atoms with Crippen molar-refractivity contribution >= 4 is 50.9 Å². The molecule has 9 heteroatoms. The number of aryl methyl sites for hydroxylation is 1. The van der Waals surface area contributed by atoms with Gasteiger partial charge in [-0.15, -0.1) is 0 Å². The molecule has 0 saturated heterocycles. The number of carbonyl (C=O) groups is 1. The molecule has 0 aliphatic carbocycles. The van der Waals surface area contributed by atoms with Crippen LogP contribution in [0.5, 0.6) is 5.75 Å². The first-order valence-electron chi connectivity index (χ1n) is 10.5. The minimum absolute atomic E-state index is 0.226.